The van der Waals surface area contributed by atoms with Crippen LogP contribution in [0.4, 0.5) is 11.5 Å². The summed E-state index contributed by atoms with van der Waals surface area (Å²) in [7, 11) is 0. The van der Waals surface area contributed by atoms with E-state index < -0.39 is 0 Å². The van der Waals surface area contributed by atoms with Crippen LogP contribution in [0.2, 0.25) is 0 Å². The van der Waals surface area contributed by atoms with Gasteiger partial charge in [0, 0.05) is 72.5 Å². The van der Waals surface area contributed by atoms with Crippen molar-refractivity contribution in [3.8, 4) is 17.2 Å². The first-order valence-corrected chi connectivity index (χ1v) is 13.9. The SMILES string of the molecule is N#Cc1ccc(N2CCC3[C@@H](C2)N[C@@H]2CCCCC2N3c2cc(-c3cncc4ccccc34)ccn2)cc1. The van der Waals surface area contributed by atoms with E-state index in [1.807, 2.05) is 30.7 Å². The summed E-state index contributed by atoms with van der Waals surface area (Å²) >= 11 is 0. The van der Waals surface area contributed by atoms with Crippen LogP contribution in [0.5, 0.6) is 0 Å². The first kappa shape index (κ1) is 23.2. The molecule has 0 amide bonds. The van der Waals surface area contributed by atoms with Gasteiger partial charge in [-0.05, 0) is 66.6 Å². The fraction of sp³-hybridized carbons (Fsp3) is 0.344. The molecule has 6 heteroatoms. The van der Waals surface area contributed by atoms with Crippen LogP contribution in [0.15, 0.2) is 79.3 Å². The van der Waals surface area contributed by atoms with E-state index in [0.717, 1.165) is 36.3 Å². The highest BCUT2D eigenvalue weighted by Crippen LogP contribution is 2.38. The van der Waals surface area contributed by atoms with Gasteiger partial charge in [0.05, 0.1) is 11.6 Å². The number of hydrogen-bond acceptors (Lipinski definition) is 6. The first-order valence-electron chi connectivity index (χ1n) is 13.9. The Morgan fingerprint density at radius 1 is 0.895 bits per heavy atom. The lowest BCUT2D eigenvalue weighted by molar-refractivity contribution is 0.188. The molecule has 2 unspecified atom stereocenters. The van der Waals surface area contributed by atoms with E-state index in [1.54, 1.807) is 0 Å². The highest BCUT2D eigenvalue weighted by Gasteiger charge is 2.46. The molecule has 3 aliphatic rings. The molecule has 3 fully saturated rings. The topological polar surface area (TPSA) is 68.1 Å². The molecule has 0 spiro atoms. The van der Waals surface area contributed by atoms with E-state index in [4.69, 9.17) is 4.98 Å². The molecule has 2 aromatic carbocycles. The van der Waals surface area contributed by atoms with Gasteiger partial charge < -0.3 is 15.1 Å². The Balaban J connectivity index is 1.23. The van der Waals surface area contributed by atoms with Gasteiger partial charge in [0.1, 0.15) is 5.82 Å². The molecule has 0 bridgehead atoms. The lowest BCUT2D eigenvalue weighted by Crippen LogP contribution is -2.72. The van der Waals surface area contributed by atoms with Gasteiger partial charge in [-0.3, -0.25) is 4.98 Å². The van der Waals surface area contributed by atoms with Crippen molar-refractivity contribution in [3.63, 3.8) is 0 Å². The van der Waals surface area contributed by atoms with Crippen molar-refractivity contribution < 1.29 is 0 Å². The molecule has 6 nitrogen and oxygen atoms in total. The van der Waals surface area contributed by atoms with E-state index in [9.17, 15) is 5.26 Å². The molecule has 1 aliphatic carbocycles. The fourth-order valence-corrected chi connectivity index (χ4v) is 6.99. The molecule has 1 saturated carbocycles. The van der Waals surface area contributed by atoms with Gasteiger partial charge in [0.25, 0.3) is 0 Å². The van der Waals surface area contributed by atoms with E-state index in [2.05, 4.69) is 74.7 Å². The second kappa shape index (κ2) is 9.74. The molecule has 0 radical (unpaired) electrons. The number of nitriles is 1. The van der Waals surface area contributed by atoms with Crippen molar-refractivity contribution in [2.45, 2.75) is 56.3 Å². The van der Waals surface area contributed by atoms with Gasteiger partial charge >= 0.3 is 0 Å². The third kappa shape index (κ3) is 4.08. The highest BCUT2D eigenvalue weighted by molar-refractivity contribution is 5.96. The van der Waals surface area contributed by atoms with Crippen LogP contribution in [-0.2, 0) is 0 Å². The minimum Gasteiger partial charge on any atom is -0.370 e. The predicted molar refractivity (Wildman–Crippen MR) is 152 cm³/mol. The summed E-state index contributed by atoms with van der Waals surface area (Å²) in [6.45, 7) is 1.96. The summed E-state index contributed by atoms with van der Waals surface area (Å²) < 4.78 is 0. The Labute approximate surface area is 223 Å². The zero-order valence-corrected chi connectivity index (χ0v) is 21.5. The number of piperazine rings is 1. The largest absolute Gasteiger partial charge is 0.370 e. The maximum absolute atomic E-state index is 9.20. The van der Waals surface area contributed by atoms with Crippen LogP contribution >= 0.6 is 0 Å². The van der Waals surface area contributed by atoms with Gasteiger partial charge in [-0.25, -0.2) is 4.98 Å². The summed E-state index contributed by atoms with van der Waals surface area (Å²) in [6.07, 6.45) is 12.0. The van der Waals surface area contributed by atoms with Crippen LogP contribution in [0.25, 0.3) is 21.9 Å². The minimum absolute atomic E-state index is 0.364. The maximum atomic E-state index is 9.20. The Bertz CT molecular complexity index is 1490. The smallest absolute Gasteiger partial charge is 0.129 e. The molecular formula is C32H32N6. The summed E-state index contributed by atoms with van der Waals surface area (Å²) in [5, 5.41) is 15.7. The van der Waals surface area contributed by atoms with E-state index in [1.165, 1.54) is 42.3 Å². The van der Waals surface area contributed by atoms with E-state index >= 15 is 0 Å². The number of nitrogens with zero attached hydrogens (tertiary/aromatic N) is 5. The summed E-state index contributed by atoms with van der Waals surface area (Å²) in [5.74, 6) is 1.09. The number of rotatable bonds is 3. The average Bonchev–Trinajstić information content (AvgIpc) is 2.99. The summed E-state index contributed by atoms with van der Waals surface area (Å²) in [6, 6.07) is 24.9. The van der Waals surface area contributed by atoms with Crippen molar-refractivity contribution in [1.29, 1.82) is 5.26 Å². The van der Waals surface area contributed by atoms with Crippen LogP contribution in [0.1, 0.15) is 37.7 Å². The van der Waals surface area contributed by atoms with Gasteiger partial charge in [-0.2, -0.15) is 5.26 Å². The molecule has 190 valence electrons. The molecular weight excluding hydrogens is 468 g/mol. The first-order chi connectivity index (χ1) is 18.8. The molecule has 2 aliphatic heterocycles. The van der Waals surface area contributed by atoms with Gasteiger partial charge in [-0.1, -0.05) is 37.1 Å². The molecule has 1 N–H and O–H groups in total. The van der Waals surface area contributed by atoms with Crippen LogP contribution in [0, 0.1) is 11.3 Å². The predicted octanol–water partition coefficient (Wildman–Crippen LogP) is 5.54. The van der Waals surface area contributed by atoms with Gasteiger partial charge in [-0.15, -0.1) is 0 Å². The minimum atomic E-state index is 0.364. The Morgan fingerprint density at radius 2 is 1.74 bits per heavy atom. The Hall–Kier alpha value is -3.95. The molecule has 2 saturated heterocycles. The average molecular weight is 501 g/mol. The van der Waals surface area contributed by atoms with Gasteiger partial charge in [0.15, 0.2) is 0 Å². The Kier molecular flexibility index (Phi) is 5.94. The van der Waals surface area contributed by atoms with Crippen molar-refractivity contribution in [2.75, 3.05) is 22.9 Å². The van der Waals surface area contributed by atoms with Crippen molar-refractivity contribution in [2.24, 2.45) is 0 Å². The summed E-state index contributed by atoms with van der Waals surface area (Å²) in [5.41, 5.74) is 4.25. The second-order valence-electron chi connectivity index (χ2n) is 10.9. The number of pyridine rings is 2. The molecule has 4 heterocycles. The third-order valence-corrected chi connectivity index (χ3v) is 8.80. The van der Waals surface area contributed by atoms with Crippen molar-refractivity contribution in [1.82, 2.24) is 15.3 Å². The molecule has 4 atom stereocenters. The normalized spacial score (nSPS) is 24.9. The number of aromatic nitrogens is 2. The van der Waals surface area contributed by atoms with Crippen LogP contribution in [-0.4, -0.2) is 47.2 Å². The van der Waals surface area contributed by atoms with Crippen molar-refractivity contribution in [3.05, 3.63) is 84.8 Å². The van der Waals surface area contributed by atoms with Crippen LogP contribution < -0.4 is 15.1 Å². The monoisotopic (exact) mass is 500 g/mol. The summed E-state index contributed by atoms with van der Waals surface area (Å²) in [4.78, 5) is 14.7. The molecule has 38 heavy (non-hydrogen) atoms. The van der Waals surface area contributed by atoms with Crippen molar-refractivity contribution >= 4 is 22.3 Å². The third-order valence-electron chi connectivity index (χ3n) is 8.80. The maximum Gasteiger partial charge on any atom is 0.129 e. The number of benzene rings is 2. The Morgan fingerprint density at radius 3 is 2.63 bits per heavy atom. The van der Waals surface area contributed by atoms with E-state index in [0.29, 0.717) is 29.7 Å². The van der Waals surface area contributed by atoms with Crippen LogP contribution in [0.3, 0.4) is 0 Å². The number of nitrogens with one attached hydrogen (secondary N) is 1. The fourth-order valence-electron chi connectivity index (χ4n) is 6.99. The number of fused-ring (bicyclic) bond motifs is 3. The zero-order valence-electron chi connectivity index (χ0n) is 21.5. The lowest BCUT2D eigenvalue weighted by atomic mass is 9.81. The standard InChI is InChI=1S/C32H32N6/c33-18-22-9-11-25(12-10-22)37-16-14-31-29(21-37)36-28-7-3-4-8-30(28)38(31)32-17-23(13-15-35-32)27-20-34-19-24-5-1-2-6-26(24)27/h1-2,5-6,9-13,15,17,19-20,28-31,36H,3-4,7-8,14,16,21H2/t28-,29-,30?,31?/m1/s1. The zero-order chi connectivity index (χ0) is 25.5. The lowest BCUT2D eigenvalue weighted by Gasteiger charge is -2.56. The second-order valence-corrected chi connectivity index (χ2v) is 10.9. The molecule has 7 rings (SSSR count). The van der Waals surface area contributed by atoms with Gasteiger partial charge in [0.2, 0.25) is 0 Å². The number of hydrogen-bond donors (Lipinski definition) is 1. The highest BCUT2D eigenvalue weighted by atomic mass is 15.3. The molecule has 4 aromatic rings. The quantitative estimate of drug-likeness (QED) is 0.399. The number of piperidine rings is 1. The van der Waals surface area contributed by atoms with E-state index in [-0.39, 0.29) is 0 Å². The number of anilines is 2. The molecule has 2 aromatic heterocycles.